The third kappa shape index (κ3) is 3.27. The average Bonchev–Trinajstić information content (AvgIpc) is 2.54. The number of aliphatic carboxylic acids is 1. The number of hydrogen-bond acceptors (Lipinski definition) is 3. The van der Waals surface area contributed by atoms with Crippen LogP contribution in [-0.2, 0) is 11.3 Å². The summed E-state index contributed by atoms with van der Waals surface area (Å²) in [6.45, 7) is 6.31. The van der Waals surface area contributed by atoms with Crippen molar-refractivity contribution in [1.82, 2.24) is 10.2 Å². The molecule has 2 atom stereocenters. The molecule has 3 saturated heterocycles. The molecule has 4 heteroatoms. The highest BCUT2D eigenvalue weighted by Gasteiger charge is 2.33. The zero-order valence-corrected chi connectivity index (χ0v) is 12.6. The van der Waals surface area contributed by atoms with Crippen LogP contribution in [0.3, 0.4) is 0 Å². The number of nitrogens with one attached hydrogen (secondary N) is 1. The van der Waals surface area contributed by atoms with Crippen LogP contribution in [0.5, 0.6) is 0 Å². The number of hydrogen-bond donors (Lipinski definition) is 2. The van der Waals surface area contributed by atoms with Crippen molar-refractivity contribution < 1.29 is 9.90 Å². The summed E-state index contributed by atoms with van der Waals surface area (Å²) >= 11 is 0. The Morgan fingerprint density at radius 1 is 1.33 bits per heavy atom. The van der Waals surface area contributed by atoms with E-state index in [1.165, 1.54) is 38.0 Å². The first-order valence-corrected chi connectivity index (χ1v) is 7.91. The molecule has 114 valence electrons. The molecule has 3 aliphatic heterocycles. The Morgan fingerprint density at radius 2 is 2.00 bits per heavy atom. The molecule has 1 aromatic carbocycles. The second-order valence-corrected chi connectivity index (χ2v) is 6.43. The molecule has 0 saturated carbocycles. The molecule has 2 bridgehead atoms. The summed E-state index contributed by atoms with van der Waals surface area (Å²) in [5.41, 5.74) is 2.10. The quantitative estimate of drug-likeness (QED) is 0.871. The summed E-state index contributed by atoms with van der Waals surface area (Å²) in [6, 6.07) is 8.58. The first kappa shape index (κ1) is 14.5. The van der Waals surface area contributed by atoms with Crippen molar-refractivity contribution in [3.8, 4) is 0 Å². The maximum absolute atomic E-state index is 11.0. The number of fused-ring (bicyclic) bond motifs is 3. The van der Waals surface area contributed by atoms with Gasteiger partial charge in [-0.05, 0) is 49.9 Å². The standard InChI is InChI=1S/C17H24N2O2/c1-12(17(20)21)14-4-2-13(3-5-14)10-18-16-11-19-8-6-15(16)7-9-19/h2-5,12,15-16,18H,6-11H2,1H3,(H,20,21). The highest BCUT2D eigenvalue weighted by atomic mass is 16.4. The lowest BCUT2D eigenvalue weighted by Crippen LogP contribution is -2.55. The molecule has 2 unspecified atom stereocenters. The molecule has 2 N–H and O–H groups in total. The molecule has 0 aromatic heterocycles. The van der Waals surface area contributed by atoms with Crippen molar-refractivity contribution in [2.45, 2.75) is 38.3 Å². The van der Waals surface area contributed by atoms with Crippen LogP contribution >= 0.6 is 0 Å². The van der Waals surface area contributed by atoms with E-state index in [-0.39, 0.29) is 0 Å². The van der Waals surface area contributed by atoms with Crippen LogP contribution in [-0.4, -0.2) is 41.7 Å². The SMILES string of the molecule is CC(C(=O)O)c1ccc(CNC2CN3CCC2CC3)cc1. The van der Waals surface area contributed by atoms with Gasteiger partial charge < -0.3 is 15.3 Å². The minimum atomic E-state index is -0.770. The predicted octanol–water partition coefficient (Wildman–Crippen LogP) is 2.06. The van der Waals surface area contributed by atoms with E-state index in [0.29, 0.717) is 6.04 Å². The van der Waals surface area contributed by atoms with Crippen LogP contribution < -0.4 is 5.32 Å². The number of carbonyl (C=O) groups is 1. The van der Waals surface area contributed by atoms with Gasteiger partial charge >= 0.3 is 5.97 Å². The lowest BCUT2D eigenvalue weighted by atomic mass is 9.84. The van der Waals surface area contributed by atoms with Crippen LogP contribution in [0.1, 0.15) is 36.8 Å². The second-order valence-electron chi connectivity index (χ2n) is 6.43. The van der Waals surface area contributed by atoms with Gasteiger partial charge in [0.05, 0.1) is 5.92 Å². The van der Waals surface area contributed by atoms with Crippen molar-refractivity contribution in [1.29, 1.82) is 0 Å². The minimum Gasteiger partial charge on any atom is -0.481 e. The highest BCUT2D eigenvalue weighted by Crippen LogP contribution is 2.27. The number of piperidine rings is 3. The summed E-state index contributed by atoms with van der Waals surface area (Å²) in [6.07, 6.45) is 2.65. The maximum Gasteiger partial charge on any atom is 0.310 e. The average molecular weight is 288 g/mol. The highest BCUT2D eigenvalue weighted by molar-refractivity contribution is 5.75. The van der Waals surface area contributed by atoms with Gasteiger partial charge in [0.1, 0.15) is 0 Å². The Hall–Kier alpha value is -1.39. The zero-order chi connectivity index (χ0) is 14.8. The van der Waals surface area contributed by atoms with Crippen LogP contribution in [0.25, 0.3) is 0 Å². The van der Waals surface area contributed by atoms with Crippen molar-refractivity contribution >= 4 is 5.97 Å². The van der Waals surface area contributed by atoms with Crippen molar-refractivity contribution in [2.75, 3.05) is 19.6 Å². The first-order valence-electron chi connectivity index (χ1n) is 7.91. The molecule has 3 fully saturated rings. The fourth-order valence-corrected chi connectivity index (χ4v) is 3.51. The number of carboxylic acids is 1. The number of rotatable bonds is 5. The van der Waals surface area contributed by atoms with E-state index in [1.54, 1.807) is 6.92 Å². The molecular formula is C17H24N2O2. The maximum atomic E-state index is 11.0. The van der Waals surface area contributed by atoms with E-state index in [2.05, 4.69) is 10.2 Å². The van der Waals surface area contributed by atoms with Crippen molar-refractivity contribution in [3.63, 3.8) is 0 Å². The van der Waals surface area contributed by atoms with Crippen LogP contribution in [0.15, 0.2) is 24.3 Å². The van der Waals surface area contributed by atoms with Gasteiger partial charge in [-0.3, -0.25) is 4.79 Å². The number of benzene rings is 1. The van der Waals surface area contributed by atoms with E-state index in [9.17, 15) is 4.79 Å². The molecule has 4 nitrogen and oxygen atoms in total. The molecule has 0 aliphatic carbocycles. The van der Waals surface area contributed by atoms with Gasteiger partial charge in [0.2, 0.25) is 0 Å². The van der Waals surface area contributed by atoms with Crippen molar-refractivity contribution in [2.24, 2.45) is 5.92 Å². The molecule has 3 aliphatic rings. The topological polar surface area (TPSA) is 52.6 Å². The fourth-order valence-electron chi connectivity index (χ4n) is 3.51. The van der Waals surface area contributed by atoms with Gasteiger partial charge in [-0.2, -0.15) is 0 Å². The third-order valence-electron chi connectivity index (χ3n) is 5.07. The zero-order valence-electron chi connectivity index (χ0n) is 12.6. The molecular weight excluding hydrogens is 264 g/mol. The normalized spacial score (nSPS) is 29.3. The summed E-state index contributed by atoms with van der Waals surface area (Å²) in [4.78, 5) is 13.5. The summed E-state index contributed by atoms with van der Waals surface area (Å²) < 4.78 is 0. The smallest absolute Gasteiger partial charge is 0.310 e. The van der Waals surface area contributed by atoms with E-state index < -0.39 is 11.9 Å². The van der Waals surface area contributed by atoms with Crippen LogP contribution in [0, 0.1) is 5.92 Å². The third-order valence-corrected chi connectivity index (χ3v) is 5.07. The largest absolute Gasteiger partial charge is 0.481 e. The monoisotopic (exact) mass is 288 g/mol. The molecule has 21 heavy (non-hydrogen) atoms. The Bertz CT molecular complexity index is 492. The van der Waals surface area contributed by atoms with Gasteiger partial charge in [-0.1, -0.05) is 24.3 Å². The first-order chi connectivity index (χ1) is 10.1. The van der Waals surface area contributed by atoms with Crippen LogP contribution in [0.4, 0.5) is 0 Å². The molecule has 3 heterocycles. The van der Waals surface area contributed by atoms with E-state index >= 15 is 0 Å². The lowest BCUT2D eigenvalue weighted by molar-refractivity contribution is -0.138. The van der Waals surface area contributed by atoms with Gasteiger partial charge in [-0.25, -0.2) is 0 Å². The Labute approximate surface area is 126 Å². The van der Waals surface area contributed by atoms with Gasteiger partial charge in [-0.15, -0.1) is 0 Å². The van der Waals surface area contributed by atoms with Gasteiger partial charge in [0, 0.05) is 19.1 Å². The number of nitrogens with zero attached hydrogens (tertiary/aromatic N) is 1. The molecule has 0 radical (unpaired) electrons. The van der Waals surface area contributed by atoms with Gasteiger partial charge in [0.25, 0.3) is 0 Å². The Kier molecular flexibility index (Phi) is 4.27. The Balaban J connectivity index is 1.55. The fraction of sp³-hybridized carbons (Fsp3) is 0.588. The van der Waals surface area contributed by atoms with E-state index in [0.717, 1.165) is 18.0 Å². The summed E-state index contributed by atoms with van der Waals surface area (Å²) in [5, 5.41) is 12.7. The van der Waals surface area contributed by atoms with Gasteiger partial charge in [0.15, 0.2) is 0 Å². The minimum absolute atomic E-state index is 0.436. The predicted molar refractivity (Wildman–Crippen MR) is 82.3 cm³/mol. The van der Waals surface area contributed by atoms with Crippen LogP contribution in [0.2, 0.25) is 0 Å². The summed E-state index contributed by atoms with van der Waals surface area (Å²) in [5.74, 6) is -0.372. The second kappa shape index (κ2) is 6.16. The molecule has 0 spiro atoms. The van der Waals surface area contributed by atoms with E-state index in [1.807, 2.05) is 24.3 Å². The Morgan fingerprint density at radius 3 is 2.52 bits per heavy atom. The molecule has 1 aromatic rings. The number of carboxylic acid groups (broad SMARTS) is 1. The molecule has 0 amide bonds. The lowest BCUT2D eigenvalue weighted by Gasteiger charge is -2.45. The summed E-state index contributed by atoms with van der Waals surface area (Å²) in [7, 11) is 0. The van der Waals surface area contributed by atoms with E-state index in [4.69, 9.17) is 5.11 Å². The van der Waals surface area contributed by atoms with Crippen molar-refractivity contribution in [3.05, 3.63) is 35.4 Å². The molecule has 4 rings (SSSR count).